The van der Waals surface area contributed by atoms with E-state index in [4.69, 9.17) is 0 Å². The van der Waals surface area contributed by atoms with Gasteiger partial charge in [-0.05, 0) is 141 Å². The van der Waals surface area contributed by atoms with Gasteiger partial charge in [0.05, 0.1) is 11.4 Å². The summed E-state index contributed by atoms with van der Waals surface area (Å²) < 4.78 is 0. The third kappa shape index (κ3) is 14.2. The number of benzene rings is 2. The standard InChI is InChI=1S/C40H71N7S.BrH/c1-9-42(10-2)25-17-29-46(30-18-26-43(11-3)12-4)35-21-23-37-39(33-35)48-40-34-36(22-24-38(40)41-37)47(31-19-27-44(13-5)14-6)32-20-28-45(15-7)16-8;/h21-24,33-34,41H,9-20,25-32H2,1-8H3;1H. The number of anilines is 4. The van der Waals surface area contributed by atoms with Crippen LogP contribution in [0, 0.1) is 0 Å². The Kier molecular flexibility index (Phi) is 22.0. The Bertz CT molecular complexity index is 1030. The topological polar surface area (TPSA) is 31.5 Å². The smallest absolute Gasteiger partial charge is 0.0527 e. The van der Waals surface area contributed by atoms with Crippen molar-refractivity contribution in [3.63, 3.8) is 0 Å². The van der Waals surface area contributed by atoms with Crippen molar-refractivity contribution in [2.24, 2.45) is 0 Å². The molecule has 0 unspecified atom stereocenters. The molecule has 280 valence electrons. The largest absolute Gasteiger partial charge is 0.371 e. The molecule has 1 N–H and O–H groups in total. The highest BCUT2D eigenvalue weighted by Crippen LogP contribution is 2.46. The van der Waals surface area contributed by atoms with Gasteiger partial charge in [0, 0.05) is 47.3 Å². The number of nitrogens with one attached hydrogen (secondary N) is 1. The lowest BCUT2D eigenvalue weighted by molar-refractivity contribution is 0.295. The van der Waals surface area contributed by atoms with Crippen LogP contribution in [0.4, 0.5) is 22.7 Å². The first-order valence-corrected chi connectivity index (χ1v) is 20.4. The molecule has 49 heavy (non-hydrogen) atoms. The number of halogens is 1. The second kappa shape index (κ2) is 24.7. The highest BCUT2D eigenvalue weighted by molar-refractivity contribution is 8.93. The predicted octanol–water partition coefficient (Wildman–Crippen LogP) is 9.01. The quantitative estimate of drug-likeness (QED) is 0.0868. The van der Waals surface area contributed by atoms with E-state index in [0.717, 1.165) is 105 Å². The fourth-order valence-electron chi connectivity index (χ4n) is 6.89. The molecule has 2 aromatic rings. The molecule has 0 bridgehead atoms. The maximum Gasteiger partial charge on any atom is 0.0527 e. The summed E-state index contributed by atoms with van der Waals surface area (Å²) in [4.78, 5) is 18.2. The van der Waals surface area contributed by atoms with Crippen LogP contribution in [0.25, 0.3) is 0 Å². The molecule has 7 nitrogen and oxygen atoms in total. The lowest BCUT2D eigenvalue weighted by Gasteiger charge is -2.31. The van der Waals surface area contributed by atoms with Crippen LogP contribution < -0.4 is 15.1 Å². The van der Waals surface area contributed by atoms with Crippen LogP contribution in [-0.4, -0.2) is 124 Å². The van der Waals surface area contributed by atoms with Crippen LogP contribution in [0.5, 0.6) is 0 Å². The SMILES string of the molecule is Br.CCN(CC)CCCN(CCCN(CC)CC)c1ccc2c(c1)Sc1cc(N(CCCN(CC)CC)CCCN(CC)CC)ccc1N2. The minimum absolute atomic E-state index is 0. The van der Waals surface area contributed by atoms with Crippen LogP contribution >= 0.6 is 28.7 Å². The summed E-state index contributed by atoms with van der Waals surface area (Å²) in [6.07, 6.45) is 4.78. The third-order valence-electron chi connectivity index (χ3n) is 10.3. The number of hydrogen-bond acceptors (Lipinski definition) is 8. The molecule has 0 radical (unpaired) electrons. The van der Waals surface area contributed by atoms with E-state index >= 15 is 0 Å². The van der Waals surface area contributed by atoms with Crippen LogP contribution in [-0.2, 0) is 0 Å². The van der Waals surface area contributed by atoms with Gasteiger partial charge in [0.1, 0.15) is 0 Å². The summed E-state index contributed by atoms with van der Waals surface area (Å²) in [6.45, 7) is 36.3. The summed E-state index contributed by atoms with van der Waals surface area (Å²) in [5.41, 5.74) is 5.17. The normalized spacial score (nSPS) is 12.3. The van der Waals surface area contributed by atoms with Crippen LogP contribution in [0.1, 0.15) is 81.1 Å². The van der Waals surface area contributed by atoms with Gasteiger partial charge in [0.2, 0.25) is 0 Å². The van der Waals surface area contributed by atoms with Crippen LogP contribution in [0.3, 0.4) is 0 Å². The number of fused-ring (bicyclic) bond motifs is 2. The van der Waals surface area contributed by atoms with Gasteiger partial charge in [0.15, 0.2) is 0 Å². The molecule has 3 rings (SSSR count). The van der Waals surface area contributed by atoms with Gasteiger partial charge < -0.3 is 34.7 Å². The van der Waals surface area contributed by atoms with Gasteiger partial charge in [-0.15, -0.1) is 17.0 Å². The van der Waals surface area contributed by atoms with Crippen molar-refractivity contribution in [2.45, 2.75) is 90.9 Å². The van der Waals surface area contributed by atoms with E-state index in [1.165, 1.54) is 58.2 Å². The first-order chi connectivity index (χ1) is 23.4. The molecule has 1 heterocycles. The predicted molar refractivity (Wildman–Crippen MR) is 225 cm³/mol. The van der Waals surface area contributed by atoms with E-state index in [1.54, 1.807) is 0 Å². The van der Waals surface area contributed by atoms with Crippen molar-refractivity contribution in [1.82, 2.24) is 19.6 Å². The van der Waals surface area contributed by atoms with Crippen molar-refractivity contribution >= 4 is 51.5 Å². The fourth-order valence-corrected chi connectivity index (χ4v) is 7.95. The lowest BCUT2D eigenvalue weighted by Crippen LogP contribution is -2.33. The van der Waals surface area contributed by atoms with Crippen molar-refractivity contribution in [2.75, 3.05) is 120 Å². The first-order valence-electron chi connectivity index (χ1n) is 19.5. The van der Waals surface area contributed by atoms with Gasteiger partial charge >= 0.3 is 0 Å². The van der Waals surface area contributed by atoms with E-state index < -0.39 is 0 Å². The van der Waals surface area contributed by atoms with E-state index in [2.05, 4.69) is 127 Å². The zero-order chi connectivity index (χ0) is 34.7. The maximum absolute atomic E-state index is 3.78. The Hall–Kier alpha value is -1.49. The van der Waals surface area contributed by atoms with E-state index in [0.29, 0.717) is 0 Å². The second-order valence-electron chi connectivity index (χ2n) is 13.1. The van der Waals surface area contributed by atoms with Crippen molar-refractivity contribution in [3.05, 3.63) is 36.4 Å². The van der Waals surface area contributed by atoms with Crippen LogP contribution in [0.15, 0.2) is 46.2 Å². The number of hydrogen-bond donors (Lipinski definition) is 1. The Morgan fingerprint density at radius 1 is 0.429 bits per heavy atom. The number of nitrogens with zero attached hydrogens (tertiary/aromatic N) is 6. The average molecular weight is 763 g/mol. The summed E-state index contributed by atoms with van der Waals surface area (Å²) in [5.74, 6) is 0. The molecule has 0 amide bonds. The highest BCUT2D eigenvalue weighted by Gasteiger charge is 2.20. The van der Waals surface area contributed by atoms with Crippen molar-refractivity contribution < 1.29 is 0 Å². The van der Waals surface area contributed by atoms with E-state index in [-0.39, 0.29) is 17.0 Å². The van der Waals surface area contributed by atoms with Gasteiger partial charge in [-0.3, -0.25) is 0 Å². The summed E-state index contributed by atoms with van der Waals surface area (Å²) in [5, 5.41) is 3.78. The molecule has 1 aliphatic rings. The molecule has 9 heteroatoms. The second-order valence-corrected chi connectivity index (χ2v) is 14.2. The molecule has 0 aromatic heterocycles. The highest BCUT2D eigenvalue weighted by atomic mass is 79.9. The van der Waals surface area contributed by atoms with Crippen LogP contribution in [0.2, 0.25) is 0 Å². The van der Waals surface area contributed by atoms with Gasteiger partial charge in [-0.25, -0.2) is 0 Å². The lowest BCUT2D eigenvalue weighted by atomic mass is 10.2. The monoisotopic (exact) mass is 761 g/mol. The first kappa shape index (κ1) is 43.7. The maximum atomic E-state index is 3.78. The summed E-state index contributed by atoms with van der Waals surface area (Å²) in [7, 11) is 0. The molecule has 2 aromatic carbocycles. The zero-order valence-electron chi connectivity index (χ0n) is 32.6. The summed E-state index contributed by atoms with van der Waals surface area (Å²) >= 11 is 1.94. The van der Waals surface area contributed by atoms with Gasteiger partial charge in [0.25, 0.3) is 0 Å². The Morgan fingerprint density at radius 3 is 0.980 bits per heavy atom. The van der Waals surface area contributed by atoms with Crippen molar-refractivity contribution in [3.8, 4) is 0 Å². The molecular formula is C40H72BrN7S. The summed E-state index contributed by atoms with van der Waals surface area (Å²) in [6, 6.07) is 14.2. The minimum Gasteiger partial charge on any atom is -0.371 e. The molecule has 1 aliphatic heterocycles. The van der Waals surface area contributed by atoms with E-state index in [9.17, 15) is 0 Å². The van der Waals surface area contributed by atoms with E-state index in [1.807, 2.05) is 11.8 Å². The average Bonchev–Trinajstić information content (AvgIpc) is 3.12. The molecule has 0 aliphatic carbocycles. The van der Waals surface area contributed by atoms with Gasteiger partial charge in [-0.1, -0.05) is 67.2 Å². The Labute approximate surface area is 316 Å². The van der Waals surface area contributed by atoms with Crippen molar-refractivity contribution in [1.29, 1.82) is 0 Å². The molecule has 0 saturated carbocycles. The Balaban J connectivity index is 0.00000833. The minimum atomic E-state index is 0. The molecule has 0 spiro atoms. The zero-order valence-corrected chi connectivity index (χ0v) is 35.1. The number of rotatable bonds is 26. The molecule has 0 saturated heterocycles. The van der Waals surface area contributed by atoms with Gasteiger partial charge in [-0.2, -0.15) is 0 Å². The Morgan fingerprint density at radius 2 is 0.714 bits per heavy atom. The molecule has 0 fully saturated rings. The molecule has 0 atom stereocenters. The molecular weight excluding hydrogens is 690 g/mol. The fraction of sp³-hybridized carbons (Fsp3) is 0.700. The third-order valence-corrected chi connectivity index (χ3v) is 11.5.